The van der Waals surface area contributed by atoms with E-state index in [0.717, 1.165) is 10.9 Å². The Hall–Kier alpha value is -1.31. The Morgan fingerprint density at radius 1 is 1.32 bits per heavy atom. The molecule has 0 aliphatic heterocycles. The zero-order valence-corrected chi connectivity index (χ0v) is 12.3. The highest BCUT2D eigenvalue weighted by molar-refractivity contribution is 7.90. The van der Waals surface area contributed by atoms with Gasteiger partial charge in [-0.1, -0.05) is 23.2 Å². The van der Waals surface area contributed by atoms with Crippen LogP contribution in [0.25, 0.3) is 11.3 Å². The lowest BCUT2D eigenvalue weighted by Gasteiger charge is -1.98. The summed E-state index contributed by atoms with van der Waals surface area (Å²) in [5, 5.41) is 3.92. The minimum atomic E-state index is -3.54. The third kappa shape index (κ3) is 2.54. The smallest absolute Gasteiger partial charge is 0.258 e. The first-order chi connectivity index (χ1) is 8.71. The molecule has 2 aromatic rings. The topological polar surface area (TPSA) is 84.8 Å². The van der Waals surface area contributed by atoms with Crippen LogP contribution in [0.5, 0.6) is 0 Å². The quantitative estimate of drug-likeness (QED) is 0.849. The Balaban J connectivity index is 2.76. The number of aryl methyl sites for hydroxylation is 1. The van der Waals surface area contributed by atoms with E-state index < -0.39 is 15.4 Å². The van der Waals surface area contributed by atoms with Gasteiger partial charge in [-0.25, -0.2) is 8.42 Å². The maximum Gasteiger partial charge on any atom is 0.258 e. The summed E-state index contributed by atoms with van der Waals surface area (Å²) in [6.07, 6.45) is 1.02. The van der Waals surface area contributed by atoms with Gasteiger partial charge in [0.1, 0.15) is 15.9 Å². The van der Waals surface area contributed by atoms with E-state index >= 15 is 0 Å². The number of nitrogens with zero attached hydrogens (tertiary/aromatic N) is 2. The molecular formula is C10H9Cl2N3O3S. The maximum atomic E-state index is 11.8. The molecule has 6 nitrogen and oxygen atoms in total. The summed E-state index contributed by atoms with van der Waals surface area (Å²) in [5.74, 6) is 0. The van der Waals surface area contributed by atoms with E-state index in [0.29, 0.717) is 0 Å². The highest BCUT2D eigenvalue weighted by Crippen LogP contribution is 2.30. The fraction of sp³-hybridized carbons (Fsp3) is 0.200. The monoisotopic (exact) mass is 321 g/mol. The predicted molar refractivity (Wildman–Crippen MR) is 72.4 cm³/mol. The van der Waals surface area contributed by atoms with Crippen molar-refractivity contribution in [3.8, 4) is 11.3 Å². The number of nitrogens with one attached hydrogen (secondary N) is 1. The van der Waals surface area contributed by atoms with Crippen LogP contribution in [0.1, 0.15) is 0 Å². The summed E-state index contributed by atoms with van der Waals surface area (Å²) in [7, 11) is -2.10. The lowest BCUT2D eigenvalue weighted by Crippen LogP contribution is -2.08. The highest BCUT2D eigenvalue weighted by atomic mass is 35.5. The van der Waals surface area contributed by atoms with Crippen LogP contribution in [-0.4, -0.2) is 29.4 Å². The molecule has 0 amide bonds. The molecule has 102 valence electrons. The van der Waals surface area contributed by atoms with Crippen LogP contribution in [0.15, 0.2) is 22.0 Å². The number of hydrogen-bond acceptors (Lipinski definition) is 4. The van der Waals surface area contributed by atoms with Crippen molar-refractivity contribution in [1.82, 2.24) is 14.8 Å². The molecule has 0 unspecified atom stereocenters. The molecule has 9 heteroatoms. The zero-order valence-electron chi connectivity index (χ0n) is 9.94. The standard InChI is InChI=1S/C10H9Cl2N3O3S/c1-15-10(19(2,17)18)7(12)8(14-15)5-3-4-6(11)13-9(5)16/h3-4H,1-2H3,(H,13,16). The third-order valence-electron chi connectivity index (χ3n) is 2.42. The number of halogens is 2. The van der Waals surface area contributed by atoms with E-state index in [1.165, 1.54) is 19.2 Å². The second-order valence-electron chi connectivity index (χ2n) is 3.91. The highest BCUT2D eigenvalue weighted by Gasteiger charge is 2.24. The van der Waals surface area contributed by atoms with Gasteiger partial charge in [0.25, 0.3) is 5.56 Å². The molecule has 0 aliphatic carbocycles. The molecule has 0 saturated heterocycles. The molecule has 0 saturated carbocycles. The number of sulfone groups is 1. The van der Waals surface area contributed by atoms with Crippen LogP contribution in [-0.2, 0) is 16.9 Å². The predicted octanol–water partition coefficient (Wildman–Crippen LogP) is 1.49. The fourth-order valence-corrected chi connectivity index (χ4v) is 3.47. The molecule has 0 bridgehead atoms. The molecular weight excluding hydrogens is 313 g/mol. The van der Waals surface area contributed by atoms with E-state index in [2.05, 4.69) is 10.1 Å². The van der Waals surface area contributed by atoms with Crippen molar-refractivity contribution in [3.63, 3.8) is 0 Å². The third-order valence-corrected chi connectivity index (χ3v) is 4.28. The van der Waals surface area contributed by atoms with Crippen molar-refractivity contribution in [2.45, 2.75) is 5.03 Å². The number of pyridine rings is 1. The first-order valence-electron chi connectivity index (χ1n) is 5.03. The fourth-order valence-electron chi connectivity index (χ4n) is 1.69. The summed E-state index contributed by atoms with van der Waals surface area (Å²) < 4.78 is 24.3. The molecule has 0 spiro atoms. The van der Waals surface area contributed by atoms with Gasteiger partial charge in [0.15, 0.2) is 14.9 Å². The lowest BCUT2D eigenvalue weighted by molar-refractivity contribution is 0.583. The van der Waals surface area contributed by atoms with Crippen molar-refractivity contribution in [2.24, 2.45) is 7.05 Å². The van der Waals surface area contributed by atoms with E-state index in [4.69, 9.17) is 23.2 Å². The van der Waals surface area contributed by atoms with Crippen molar-refractivity contribution in [3.05, 3.63) is 32.7 Å². The van der Waals surface area contributed by atoms with Gasteiger partial charge < -0.3 is 4.98 Å². The summed E-state index contributed by atoms with van der Waals surface area (Å²) in [6.45, 7) is 0. The second-order valence-corrected chi connectivity index (χ2v) is 6.63. The van der Waals surface area contributed by atoms with Crippen molar-refractivity contribution < 1.29 is 8.42 Å². The number of hydrogen-bond donors (Lipinski definition) is 1. The second kappa shape index (κ2) is 4.66. The molecule has 0 aromatic carbocycles. The molecule has 2 aromatic heterocycles. The molecule has 19 heavy (non-hydrogen) atoms. The number of aromatic nitrogens is 3. The molecule has 0 atom stereocenters. The lowest BCUT2D eigenvalue weighted by atomic mass is 10.2. The van der Waals surface area contributed by atoms with E-state index in [9.17, 15) is 13.2 Å². The summed E-state index contributed by atoms with van der Waals surface area (Å²) in [4.78, 5) is 14.2. The minimum Gasteiger partial charge on any atom is -0.312 e. The first-order valence-corrected chi connectivity index (χ1v) is 7.68. The van der Waals surface area contributed by atoms with E-state index in [-0.39, 0.29) is 26.5 Å². The van der Waals surface area contributed by atoms with Gasteiger partial charge >= 0.3 is 0 Å². The maximum absolute atomic E-state index is 11.8. The first kappa shape index (κ1) is 14.1. The average molecular weight is 322 g/mol. The van der Waals surface area contributed by atoms with Gasteiger partial charge in [-0.2, -0.15) is 5.10 Å². The molecule has 0 fully saturated rings. The van der Waals surface area contributed by atoms with Crippen LogP contribution in [0.2, 0.25) is 10.2 Å². The van der Waals surface area contributed by atoms with Gasteiger partial charge in [0.2, 0.25) is 0 Å². The molecule has 1 N–H and O–H groups in total. The number of H-pyrrole nitrogens is 1. The van der Waals surface area contributed by atoms with Gasteiger partial charge in [0.05, 0.1) is 5.56 Å². The van der Waals surface area contributed by atoms with Crippen LogP contribution in [0.3, 0.4) is 0 Å². The number of aromatic amines is 1. The summed E-state index contributed by atoms with van der Waals surface area (Å²) in [5.41, 5.74) is -0.241. The summed E-state index contributed by atoms with van der Waals surface area (Å²) in [6, 6.07) is 2.89. The van der Waals surface area contributed by atoms with Crippen LogP contribution in [0.4, 0.5) is 0 Å². The van der Waals surface area contributed by atoms with Crippen LogP contribution < -0.4 is 5.56 Å². The number of rotatable bonds is 2. The van der Waals surface area contributed by atoms with E-state index in [1.54, 1.807) is 0 Å². The normalized spacial score (nSPS) is 11.8. The van der Waals surface area contributed by atoms with Gasteiger partial charge in [-0.05, 0) is 12.1 Å². The Labute approximate surface area is 118 Å². The van der Waals surface area contributed by atoms with Crippen molar-refractivity contribution in [2.75, 3.05) is 6.26 Å². The summed E-state index contributed by atoms with van der Waals surface area (Å²) >= 11 is 11.7. The molecule has 2 heterocycles. The van der Waals surface area contributed by atoms with Gasteiger partial charge in [-0.3, -0.25) is 9.48 Å². The van der Waals surface area contributed by atoms with Gasteiger partial charge in [-0.15, -0.1) is 0 Å². The SMILES string of the molecule is Cn1nc(-c2ccc(Cl)[nH]c2=O)c(Cl)c1S(C)(=O)=O. The molecule has 2 rings (SSSR count). The average Bonchev–Trinajstić information content (AvgIpc) is 2.53. The van der Waals surface area contributed by atoms with Gasteiger partial charge in [0, 0.05) is 13.3 Å². The van der Waals surface area contributed by atoms with Crippen LogP contribution >= 0.6 is 23.2 Å². The Bertz CT molecular complexity index is 808. The van der Waals surface area contributed by atoms with Crippen LogP contribution in [0, 0.1) is 0 Å². The molecule has 0 aliphatic rings. The minimum absolute atomic E-state index is 0.0853. The van der Waals surface area contributed by atoms with E-state index in [1.807, 2.05) is 0 Å². The van der Waals surface area contributed by atoms with Crippen molar-refractivity contribution >= 4 is 33.0 Å². The Morgan fingerprint density at radius 2 is 1.95 bits per heavy atom. The Kier molecular flexibility index (Phi) is 3.46. The zero-order chi connectivity index (χ0) is 14.4. The molecule has 0 radical (unpaired) electrons. The van der Waals surface area contributed by atoms with Crippen molar-refractivity contribution in [1.29, 1.82) is 0 Å². The Morgan fingerprint density at radius 3 is 2.42 bits per heavy atom. The largest absolute Gasteiger partial charge is 0.312 e.